The molecule has 1 aromatic carbocycles. The molecule has 1 aromatic rings. The van der Waals surface area contributed by atoms with Crippen LogP contribution < -0.4 is 4.72 Å². The zero-order valence-corrected chi connectivity index (χ0v) is 13.5. The normalized spacial score (nSPS) is 16.6. The van der Waals surface area contributed by atoms with Crippen LogP contribution in [0.25, 0.3) is 0 Å². The van der Waals surface area contributed by atoms with Crippen molar-refractivity contribution in [3.8, 4) is 6.07 Å². The van der Waals surface area contributed by atoms with Gasteiger partial charge in [0, 0.05) is 0 Å². The van der Waals surface area contributed by atoms with Crippen LogP contribution in [0.4, 0.5) is 13.2 Å². The molecule has 1 rings (SSSR count). The summed E-state index contributed by atoms with van der Waals surface area (Å²) >= 11 is 0. The van der Waals surface area contributed by atoms with E-state index < -0.39 is 33.9 Å². The standard InChI is InChI=1S/C15H19F3N2OS/c1-13(2,3)22(21)20-14(11-19,15(16,17)18)10-9-12-7-5-4-6-8-12/h4-8,20H,9-10H2,1-3H3/t14-,22?/m1/s1. The minimum atomic E-state index is -4.82. The highest BCUT2D eigenvalue weighted by Crippen LogP contribution is 2.35. The summed E-state index contributed by atoms with van der Waals surface area (Å²) in [7, 11) is -2.00. The SMILES string of the molecule is CC(C)(C)S(=O)N[C@@](C#N)(CCc1ccccc1)C(F)(F)F. The number of nitrogens with one attached hydrogen (secondary N) is 1. The zero-order chi connectivity index (χ0) is 17.0. The molecule has 0 saturated carbocycles. The smallest absolute Gasteiger partial charge is 0.242 e. The summed E-state index contributed by atoms with van der Waals surface area (Å²) in [5.74, 6) is 0. The van der Waals surface area contributed by atoms with Gasteiger partial charge >= 0.3 is 6.18 Å². The van der Waals surface area contributed by atoms with Gasteiger partial charge in [0.2, 0.25) is 5.54 Å². The molecule has 0 aliphatic rings. The lowest BCUT2D eigenvalue weighted by atomic mass is 9.93. The van der Waals surface area contributed by atoms with Crippen LogP contribution in [0.2, 0.25) is 0 Å². The zero-order valence-electron chi connectivity index (χ0n) is 12.7. The van der Waals surface area contributed by atoms with Crippen LogP contribution in [-0.2, 0) is 17.4 Å². The quantitative estimate of drug-likeness (QED) is 0.897. The molecule has 3 nitrogen and oxygen atoms in total. The Labute approximate surface area is 131 Å². The predicted octanol–water partition coefficient (Wildman–Crippen LogP) is 3.50. The summed E-state index contributed by atoms with van der Waals surface area (Å²) in [6, 6.07) is 9.89. The Hall–Kier alpha value is -1.39. The van der Waals surface area contributed by atoms with Crippen molar-refractivity contribution in [1.29, 1.82) is 5.26 Å². The number of halogens is 3. The fourth-order valence-corrected chi connectivity index (χ4v) is 2.57. The van der Waals surface area contributed by atoms with E-state index in [1.165, 1.54) is 6.07 Å². The van der Waals surface area contributed by atoms with Crippen LogP contribution in [0.1, 0.15) is 32.8 Å². The maximum atomic E-state index is 13.4. The lowest BCUT2D eigenvalue weighted by Crippen LogP contribution is -2.58. The number of alkyl halides is 3. The van der Waals surface area contributed by atoms with E-state index in [0.29, 0.717) is 5.56 Å². The molecular weight excluding hydrogens is 313 g/mol. The van der Waals surface area contributed by atoms with Crippen molar-refractivity contribution in [3.05, 3.63) is 35.9 Å². The van der Waals surface area contributed by atoms with E-state index in [-0.39, 0.29) is 6.42 Å². The minimum Gasteiger partial charge on any atom is -0.242 e. The Balaban J connectivity index is 3.02. The third-order valence-electron chi connectivity index (χ3n) is 3.13. The number of nitriles is 1. The Morgan fingerprint density at radius 1 is 1.18 bits per heavy atom. The Bertz CT molecular complexity index is 561. The van der Waals surface area contributed by atoms with Crippen molar-refractivity contribution < 1.29 is 17.4 Å². The Kier molecular flexibility index (Phi) is 5.76. The number of hydrogen-bond donors (Lipinski definition) is 1. The van der Waals surface area contributed by atoms with Crippen molar-refractivity contribution in [2.24, 2.45) is 0 Å². The number of nitrogens with zero attached hydrogens (tertiary/aromatic N) is 1. The van der Waals surface area contributed by atoms with E-state index in [0.717, 1.165) is 0 Å². The van der Waals surface area contributed by atoms with Crippen LogP contribution in [0, 0.1) is 11.3 Å². The average molecular weight is 332 g/mol. The average Bonchev–Trinajstić information content (AvgIpc) is 2.42. The molecule has 2 atom stereocenters. The van der Waals surface area contributed by atoms with Gasteiger partial charge in [-0.1, -0.05) is 30.3 Å². The molecule has 1 N–H and O–H groups in total. The molecule has 0 radical (unpaired) electrons. The van der Waals surface area contributed by atoms with E-state index in [1.807, 2.05) is 4.72 Å². The highest BCUT2D eigenvalue weighted by atomic mass is 32.2. The second kappa shape index (κ2) is 6.80. The van der Waals surface area contributed by atoms with Gasteiger partial charge in [-0.2, -0.15) is 18.4 Å². The van der Waals surface area contributed by atoms with Gasteiger partial charge in [-0.3, -0.25) is 0 Å². The van der Waals surface area contributed by atoms with Gasteiger partial charge < -0.3 is 0 Å². The van der Waals surface area contributed by atoms with Crippen LogP contribution >= 0.6 is 0 Å². The van der Waals surface area contributed by atoms with Gasteiger partial charge in [-0.15, -0.1) is 0 Å². The first-order chi connectivity index (χ1) is 10.0. The third-order valence-corrected chi connectivity index (χ3v) is 4.78. The highest BCUT2D eigenvalue weighted by Gasteiger charge is 2.56. The molecule has 122 valence electrons. The first-order valence-corrected chi connectivity index (χ1v) is 7.88. The van der Waals surface area contributed by atoms with Crippen LogP contribution in [0.5, 0.6) is 0 Å². The first kappa shape index (κ1) is 18.7. The van der Waals surface area contributed by atoms with E-state index in [1.54, 1.807) is 51.1 Å². The second-order valence-electron chi connectivity index (χ2n) is 5.98. The summed E-state index contributed by atoms with van der Waals surface area (Å²) in [5.41, 5.74) is -2.14. The van der Waals surface area contributed by atoms with E-state index >= 15 is 0 Å². The fourth-order valence-electron chi connectivity index (χ4n) is 1.68. The van der Waals surface area contributed by atoms with Crippen molar-refractivity contribution in [2.45, 2.75) is 50.1 Å². The van der Waals surface area contributed by atoms with Gasteiger partial charge in [0.25, 0.3) is 0 Å². The summed E-state index contributed by atoms with van der Waals surface area (Å²) < 4.78 is 53.4. The van der Waals surface area contributed by atoms with Gasteiger partial charge in [-0.25, -0.2) is 8.93 Å². The number of hydrogen-bond acceptors (Lipinski definition) is 2. The summed E-state index contributed by atoms with van der Waals surface area (Å²) in [6.07, 6.45) is -5.27. The van der Waals surface area contributed by atoms with Crippen molar-refractivity contribution in [1.82, 2.24) is 4.72 Å². The molecule has 0 heterocycles. The topological polar surface area (TPSA) is 52.9 Å². The lowest BCUT2D eigenvalue weighted by molar-refractivity contribution is -0.175. The second-order valence-corrected chi connectivity index (χ2v) is 7.95. The molecule has 22 heavy (non-hydrogen) atoms. The van der Waals surface area contributed by atoms with Gasteiger partial charge in [0.05, 0.1) is 21.8 Å². The maximum Gasteiger partial charge on any atom is 0.420 e. The molecule has 0 spiro atoms. The molecule has 0 aromatic heterocycles. The van der Waals surface area contributed by atoms with Gasteiger partial charge in [0.1, 0.15) is 0 Å². The van der Waals surface area contributed by atoms with Crippen LogP contribution in [0.15, 0.2) is 30.3 Å². The number of rotatable bonds is 5. The lowest BCUT2D eigenvalue weighted by Gasteiger charge is -2.32. The van der Waals surface area contributed by atoms with E-state index in [4.69, 9.17) is 5.26 Å². The number of benzene rings is 1. The Morgan fingerprint density at radius 3 is 2.14 bits per heavy atom. The van der Waals surface area contributed by atoms with Crippen LogP contribution in [0.3, 0.4) is 0 Å². The molecular formula is C15H19F3N2OS. The molecule has 0 saturated heterocycles. The monoisotopic (exact) mass is 332 g/mol. The number of aryl methyl sites for hydroxylation is 1. The summed E-state index contributed by atoms with van der Waals surface area (Å²) in [6.45, 7) is 4.64. The van der Waals surface area contributed by atoms with E-state index in [2.05, 4.69) is 0 Å². The summed E-state index contributed by atoms with van der Waals surface area (Å²) in [5, 5.41) is 9.14. The molecule has 0 fully saturated rings. The van der Waals surface area contributed by atoms with Crippen LogP contribution in [-0.4, -0.2) is 20.7 Å². The first-order valence-electron chi connectivity index (χ1n) is 6.73. The molecule has 0 bridgehead atoms. The van der Waals surface area contributed by atoms with Gasteiger partial charge in [-0.05, 0) is 39.2 Å². The minimum absolute atomic E-state index is 0.0578. The third kappa shape index (κ3) is 4.55. The molecule has 0 aliphatic heterocycles. The van der Waals surface area contributed by atoms with E-state index in [9.17, 15) is 17.4 Å². The summed E-state index contributed by atoms with van der Waals surface area (Å²) in [4.78, 5) is 0. The van der Waals surface area contributed by atoms with Crippen molar-refractivity contribution in [3.63, 3.8) is 0 Å². The largest absolute Gasteiger partial charge is 0.420 e. The van der Waals surface area contributed by atoms with Gasteiger partial charge in [0.15, 0.2) is 0 Å². The Morgan fingerprint density at radius 2 is 1.73 bits per heavy atom. The molecule has 7 heteroatoms. The maximum absolute atomic E-state index is 13.4. The highest BCUT2D eigenvalue weighted by molar-refractivity contribution is 7.84. The van der Waals surface area contributed by atoms with Crippen molar-refractivity contribution in [2.75, 3.05) is 0 Å². The molecule has 0 aliphatic carbocycles. The molecule has 1 unspecified atom stereocenters. The fraction of sp³-hybridized carbons (Fsp3) is 0.533. The van der Waals surface area contributed by atoms with Crippen molar-refractivity contribution >= 4 is 11.0 Å². The molecule has 0 amide bonds. The predicted molar refractivity (Wildman–Crippen MR) is 80.2 cm³/mol.